The molecule has 0 bridgehead atoms. The predicted molar refractivity (Wildman–Crippen MR) is 92.8 cm³/mol. The summed E-state index contributed by atoms with van der Waals surface area (Å²) in [6.07, 6.45) is 6.01. The summed E-state index contributed by atoms with van der Waals surface area (Å²) < 4.78 is 7.10. The van der Waals surface area contributed by atoms with Crippen molar-refractivity contribution in [2.24, 2.45) is 17.8 Å². The van der Waals surface area contributed by atoms with Gasteiger partial charge in [-0.1, -0.05) is 23.4 Å². The molecule has 1 amide bonds. The summed E-state index contributed by atoms with van der Waals surface area (Å²) in [6.45, 7) is 0.991. The third-order valence-electron chi connectivity index (χ3n) is 5.51. The first-order valence-electron chi connectivity index (χ1n) is 8.76. The molecular formula is C19H17N5O2. The van der Waals surface area contributed by atoms with Gasteiger partial charge in [-0.05, 0) is 41.5 Å². The van der Waals surface area contributed by atoms with Crippen LogP contribution in [-0.2, 0) is 11.3 Å². The minimum Gasteiger partial charge on any atom is -0.442 e. The van der Waals surface area contributed by atoms with E-state index >= 15 is 0 Å². The van der Waals surface area contributed by atoms with Crippen LogP contribution in [0.4, 0.5) is 10.5 Å². The van der Waals surface area contributed by atoms with Crippen LogP contribution in [0.25, 0.3) is 5.57 Å². The molecule has 26 heavy (non-hydrogen) atoms. The number of nitriles is 1. The molecule has 2 fully saturated rings. The molecule has 1 saturated heterocycles. The van der Waals surface area contributed by atoms with E-state index in [0.717, 1.165) is 12.1 Å². The molecule has 0 spiro atoms. The maximum Gasteiger partial charge on any atom is 0.414 e. The number of aromatic nitrogens is 3. The number of carbonyl (C=O) groups excluding carboxylic acids is 1. The van der Waals surface area contributed by atoms with Gasteiger partial charge in [0.2, 0.25) is 0 Å². The summed E-state index contributed by atoms with van der Waals surface area (Å²) in [6, 6.07) is 10.4. The van der Waals surface area contributed by atoms with Crippen LogP contribution in [-0.4, -0.2) is 33.7 Å². The third-order valence-corrected chi connectivity index (χ3v) is 5.51. The summed E-state index contributed by atoms with van der Waals surface area (Å²) in [5.74, 6) is 1.18. The van der Waals surface area contributed by atoms with Crippen LogP contribution in [0.2, 0.25) is 0 Å². The molecular weight excluding hydrogens is 330 g/mol. The van der Waals surface area contributed by atoms with Crippen molar-refractivity contribution in [3.05, 3.63) is 48.3 Å². The number of fused-ring (bicyclic) bond motifs is 1. The lowest BCUT2D eigenvalue weighted by Gasteiger charge is -2.14. The standard InChI is InChI=1S/C19H17N5O2/c20-9-18-16-7-13(8-17(16)18)12-1-3-14(4-2-12)24-11-15(26-19(24)25)10-23-6-5-21-22-23/h1-7,15-18H,8,10-11H2/t15-,16-,17+,18+/m0/s1. The largest absolute Gasteiger partial charge is 0.442 e. The van der Waals surface area contributed by atoms with Crippen LogP contribution < -0.4 is 4.90 Å². The second-order valence-corrected chi connectivity index (χ2v) is 7.08. The fraction of sp³-hybridized carbons (Fsp3) is 0.368. The number of rotatable bonds is 4. The maximum absolute atomic E-state index is 12.2. The van der Waals surface area contributed by atoms with Crippen LogP contribution >= 0.6 is 0 Å². The van der Waals surface area contributed by atoms with Crippen LogP contribution in [0.1, 0.15) is 12.0 Å². The molecule has 0 N–H and O–H groups in total. The zero-order valence-electron chi connectivity index (χ0n) is 14.0. The van der Waals surface area contributed by atoms with Crippen LogP contribution in [0.15, 0.2) is 42.7 Å². The first-order chi connectivity index (χ1) is 12.7. The van der Waals surface area contributed by atoms with Gasteiger partial charge in [0.1, 0.15) is 6.10 Å². The Morgan fingerprint density at radius 2 is 2.15 bits per heavy atom. The van der Waals surface area contributed by atoms with Gasteiger partial charge in [-0.25, -0.2) is 9.48 Å². The van der Waals surface area contributed by atoms with Crippen LogP contribution in [0.5, 0.6) is 0 Å². The summed E-state index contributed by atoms with van der Waals surface area (Å²) in [5, 5.41) is 16.7. The SMILES string of the molecule is N#C[C@@H]1[C@H]2C=C(c3ccc(N4C[C@H](Cn5ccnn5)OC4=O)cc3)C[C@@H]12. The molecule has 1 saturated carbocycles. The third kappa shape index (κ3) is 2.46. The van der Waals surface area contributed by atoms with E-state index in [1.54, 1.807) is 22.0 Å². The molecule has 1 aliphatic heterocycles. The Morgan fingerprint density at radius 1 is 1.31 bits per heavy atom. The zero-order chi connectivity index (χ0) is 17.7. The minimum absolute atomic E-state index is 0.222. The number of hydrogen-bond acceptors (Lipinski definition) is 5. The Bertz CT molecular complexity index is 912. The average molecular weight is 347 g/mol. The molecule has 3 aliphatic rings. The molecule has 0 radical (unpaired) electrons. The maximum atomic E-state index is 12.2. The van der Waals surface area contributed by atoms with Gasteiger partial charge in [0.05, 0.1) is 31.3 Å². The monoisotopic (exact) mass is 347 g/mol. The number of nitrogens with zero attached hydrogens (tertiary/aromatic N) is 5. The van der Waals surface area contributed by atoms with Gasteiger partial charge in [0.25, 0.3) is 0 Å². The second kappa shape index (κ2) is 5.70. The van der Waals surface area contributed by atoms with Gasteiger partial charge in [0.15, 0.2) is 0 Å². The fourth-order valence-corrected chi connectivity index (χ4v) is 4.06. The number of benzene rings is 1. The Balaban J connectivity index is 1.27. The van der Waals surface area contributed by atoms with Crippen molar-refractivity contribution in [3.63, 3.8) is 0 Å². The van der Waals surface area contributed by atoms with Crippen LogP contribution in [0, 0.1) is 29.1 Å². The summed E-state index contributed by atoms with van der Waals surface area (Å²) in [5.41, 5.74) is 3.31. The van der Waals surface area contributed by atoms with E-state index in [2.05, 4.69) is 22.5 Å². The van der Waals surface area contributed by atoms with E-state index in [-0.39, 0.29) is 18.1 Å². The number of allylic oxidation sites excluding steroid dienone is 2. The summed E-state index contributed by atoms with van der Waals surface area (Å²) in [7, 11) is 0. The van der Waals surface area contributed by atoms with Gasteiger partial charge < -0.3 is 4.74 Å². The Hall–Kier alpha value is -3.14. The molecule has 2 aromatic rings. The van der Waals surface area contributed by atoms with Crippen molar-refractivity contribution in [2.75, 3.05) is 11.4 Å². The number of hydrogen-bond donors (Lipinski definition) is 0. The zero-order valence-corrected chi connectivity index (χ0v) is 14.0. The van der Waals surface area contributed by atoms with Gasteiger partial charge in [-0.2, -0.15) is 5.26 Å². The second-order valence-electron chi connectivity index (χ2n) is 7.08. The van der Waals surface area contributed by atoms with E-state index in [4.69, 9.17) is 10.00 Å². The van der Waals surface area contributed by atoms with Gasteiger partial charge >= 0.3 is 6.09 Å². The lowest BCUT2D eigenvalue weighted by Crippen LogP contribution is -2.26. The van der Waals surface area contributed by atoms with E-state index in [0.29, 0.717) is 24.9 Å². The topological polar surface area (TPSA) is 84.0 Å². The molecule has 7 nitrogen and oxygen atoms in total. The van der Waals surface area contributed by atoms with Crippen molar-refractivity contribution in [1.29, 1.82) is 5.26 Å². The quantitative estimate of drug-likeness (QED) is 0.848. The lowest BCUT2D eigenvalue weighted by molar-refractivity contribution is 0.129. The van der Waals surface area contributed by atoms with Gasteiger partial charge in [-0.3, -0.25) is 4.90 Å². The molecule has 0 unspecified atom stereocenters. The van der Waals surface area contributed by atoms with E-state index in [1.165, 1.54) is 11.1 Å². The summed E-state index contributed by atoms with van der Waals surface area (Å²) >= 11 is 0. The summed E-state index contributed by atoms with van der Waals surface area (Å²) in [4.78, 5) is 13.8. The smallest absolute Gasteiger partial charge is 0.414 e. The van der Waals surface area contributed by atoms with Gasteiger partial charge in [-0.15, -0.1) is 5.10 Å². The highest BCUT2D eigenvalue weighted by atomic mass is 16.6. The Kier molecular flexibility index (Phi) is 3.32. The number of ether oxygens (including phenoxy) is 1. The van der Waals surface area contributed by atoms with E-state index < -0.39 is 0 Å². The highest BCUT2D eigenvalue weighted by molar-refractivity contribution is 5.90. The molecule has 2 heterocycles. The predicted octanol–water partition coefficient (Wildman–Crippen LogP) is 2.48. The number of cyclic esters (lactones) is 1. The molecule has 5 rings (SSSR count). The van der Waals surface area contributed by atoms with Crippen molar-refractivity contribution in [2.45, 2.75) is 19.1 Å². The number of anilines is 1. The van der Waals surface area contributed by atoms with E-state index in [9.17, 15) is 4.79 Å². The average Bonchev–Trinajstić information content (AvgIpc) is 3.11. The normalized spacial score (nSPS) is 29.1. The molecule has 130 valence electrons. The van der Waals surface area contributed by atoms with Crippen LogP contribution in [0.3, 0.4) is 0 Å². The van der Waals surface area contributed by atoms with Gasteiger partial charge in [0, 0.05) is 11.9 Å². The molecule has 7 heteroatoms. The van der Waals surface area contributed by atoms with Crippen molar-refractivity contribution in [3.8, 4) is 6.07 Å². The molecule has 1 aromatic carbocycles. The Morgan fingerprint density at radius 3 is 2.81 bits per heavy atom. The minimum atomic E-state index is -0.332. The first-order valence-corrected chi connectivity index (χ1v) is 8.76. The van der Waals surface area contributed by atoms with Crippen molar-refractivity contribution >= 4 is 17.4 Å². The van der Waals surface area contributed by atoms with E-state index in [1.807, 2.05) is 24.3 Å². The molecule has 2 aliphatic carbocycles. The molecule has 1 aromatic heterocycles. The highest BCUT2D eigenvalue weighted by Gasteiger charge is 2.52. The highest BCUT2D eigenvalue weighted by Crippen LogP contribution is 2.57. The molecule has 4 atom stereocenters. The lowest BCUT2D eigenvalue weighted by atomic mass is 10.0. The fourth-order valence-electron chi connectivity index (χ4n) is 4.06. The number of amides is 1. The first kappa shape index (κ1) is 15.1. The number of carbonyl (C=O) groups is 1. The Labute approximate surface area is 150 Å². The van der Waals surface area contributed by atoms with Crippen molar-refractivity contribution < 1.29 is 9.53 Å². The van der Waals surface area contributed by atoms with Crippen molar-refractivity contribution in [1.82, 2.24) is 15.0 Å².